The number of fused-ring (bicyclic) bond motifs is 2. The third kappa shape index (κ3) is 0.961. The van der Waals surface area contributed by atoms with Gasteiger partial charge in [0.25, 0.3) is 0 Å². The lowest BCUT2D eigenvalue weighted by Gasteiger charge is -2.30. The lowest BCUT2D eigenvalue weighted by molar-refractivity contribution is -0.211. The molecule has 0 aromatic heterocycles. The first-order chi connectivity index (χ1) is 5.20. The predicted octanol–water partition coefficient (Wildman–Crippen LogP) is -1.20. The summed E-state index contributed by atoms with van der Waals surface area (Å²) in [5.74, 6) is 0. The van der Waals surface area contributed by atoms with Crippen molar-refractivity contribution in [3.63, 3.8) is 0 Å². The van der Waals surface area contributed by atoms with E-state index in [1.165, 1.54) is 0 Å². The van der Waals surface area contributed by atoms with Crippen molar-refractivity contribution in [3.8, 4) is 0 Å². The molecule has 2 bridgehead atoms. The van der Waals surface area contributed by atoms with Crippen molar-refractivity contribution < 1.29 is 24.1 Å². The first-order valence-corrected chi connectivity index (χ1v) is 3.47. The maximum Gasteiger partial charge on any atom is 0.187 e. The molecule has 11 heavy (non-hydrogen) atoms. The number of alkyl halides is 1. The Labute approximate surface area is 62.5 Å². The molecule has 5 atom stereocenters. The van der Waals surface area contributed by atoms with Crippen molar-refractivity contribution in [1.82, 2.24) is 0 Å². The zero-order valence-corrected chi connectivity index (χ0v) is 5.68. The summed E-state index contributed by atoms with van der Waals surface area (Å²) in [6.45, 7) is 0.156. The molecular weight excluding hydrogens is 155 g/mol. The highest BCUT2D eigenvalue weighted by atomic mass is 19.1. The summed E-state index contributed by atoms with van der Waals surface area (Å²) in [4.78, 5) is 0. The van der Waals surface area contributed by atoms with Crippen LogP contribution in [0.1, 0.15) is 0 Å². The average Bonchev–Trinajstić information content (AvgIpc) is 2.44. The summed E-state index contributed by atoms with van der Waals surface area (Å²) in [5.41, 5.74) is 0. The predicted molar refractivity (Wildman–Crippen MR) is 31.5 cm³/mol. The van der Waals surface area contributed by atoms with Gasteiger partial charge in [-0.1, -0.05) is 0 Å². The summed E-state index contributed by atoms with van der Waals surface area (Å²) in [5, 5.41) is 18.1. The van der Waals surface area contributed by atoms with Crippen LogP contribution < -0.4 is 0 Å². The van der Waals surface area contributed by atoms with Crippen LogP contribution in [0.15, 0.2) is 0 Å². The topological polar surface area (TPSA) is 58.9 Å². The van der Waals surface area contributed by atoms with Gasteiger partial charge in [-0.15, -0.1) is 0 Å². The Balaban J connectivity index is 2.16. The minimum absolute atomic E-state index is 0.156. The average molecular weight is 164 g/mol. The number of hydrogen-bond donors (Lipinski definition) is 2. The van der Waals surface area contributed by atoms with Crippen LogP contribution in [0.3, 0.4) is 0 Å². The Bertz CT molecular complexity index is 145. The molecule has 0 aliphatic carbocycles. The molecule has 0 spiro atoms. The maximum atomic E-state index is 12.9. The minimum atomic E-state index is -1.65. The first kappa shape index (κ1) is 7.42. The third-order valence-electron chi connectivity index (χ3n) is 2.05. The molecule has 0 aromatic rings. The van der Waals surface area contributed by atoms with E-state index in [-0.39, 0.29) is 6.61 Å². The van der Waals surface area contributed by atoms with E-state index >= 15 is 0 Å². The minimum Gasteiger partial charge on any atom is -0.387 e. The molecule has 0 unspecified atom stereocenters. The van der Waals surface area contributed by atoms with Crippen LogP contribution >= 0.6 is 0 Å². The Morgan fingerprint density at radius 2 is 2.00 bits per heavy atom. The Morgan fingerprint density at radius 1 is 1.27 bits per heavy atom. The molecule has 0 amide bonds. The molecule has 0 aromatic carbocycles. The normalized spacial score (nSPS) is 56.5. The van der Waals surface area contributed by atoms with Gasteiger partial charge in [-0.3, -0.25) is 0 Å². The lowest BCUT2D eigenvalue weighted by atomic mass is 10.0. The molecular formula is C6H9FO4. The monoisotopic (exact) mass is 164 g/mol. The van der Waals surface area contributed by atoms with Crippen LogP contribution in [0.2, 0.25) is 0 Å². The fourth-order valence-corrected chi connectivity index (χ4v) is 1.36. The van der Waals surface area contributed by atoms with E-state index in [1.54, 1.807) is 0 Å². The van der Waals surface area contributed by atoms with Gasteiger partial charge in [-0.2, -0.15) is 0 Å². The van der Waals surface area contributed by atoms with Gasteiger partial charge < -0.3 is 19.7 Å². The Kier molecular flexibility index (Phi) is 1.61. The van der Waals surface area contributed by atoms with Crippen LogP contribution in [0.4, 0.5) is 4.39 Å². The Morgan fingerprint density at radius 3 is 2.73 bits per heavy atom. The summed E-state index contributed by atoms with van der Waals surface area (Å²) < 4.78 is 22.6. The quantitative estimate of drug-likeness (QED) is 0.472. The first-order valence-electron chi connectivity index (χ1n) is 3.47. The van der Waals surface area contributed by atoms with Crippen molar-refractivity contribution in [2.24, 2.45) is 0 Å². The van der Waals surface area contributed by atoms with Crippen molar-refractivity contribution in [3.05, 3.63) is 0 Å². The van der Waals surface area contributed by atoms with Gasteiger partial charge in [0, 0.05) is 0 Å². The smallest absolute Gasteiger partial charge is 0.187 e. The van der Waals surface area contributed by atoms with E-state index in [9.17, 15) is 4.39 Å². The van der Waals surface area contributed by atoms with Crippen LogP contribution in [-0.2, 0) is 9.47 Å². The second kappa shape index (κ2) is 2.38. The fourth-order valence-electron chi connectivity index (χ4n) is 1.36. The molecule has 2 saturated heterocycles. The summed E-state index contributed by atoms with van der Waals surface area (Å²) in [6, 6.07) is 0. The van der Waals surface area contributed by atoms with Crippen LogP contribution in [0.5, 0.6) is 0 Å². The van der Waals surface area contributed by atoms with E-state index < -0.39 is 30.8 Å². The van der Waals surface area contributed by atoms with Crippen LogP contribution in [0, 0.1) is 0 Å². The highest BCUT2D eigenvalue weighted by molar-refractivity contribution is 4.92. The lowest BCUT2D eigenvalue weighted by Crippen LogP contribution is -2.51. The number of aliphatic hydroxyl groups excluding tert-OH is 2. The summed E-state index contributed by atoms with van der Waals surface area (Å²) >= 11 is 0. The van der Waals surface area contributed by atoms with E-state index in [0.717, 1.165) is 0 Å². The van der Waals surface area contributed by atoms with E-state index in [1.807, 2.05) is 0 Å². The maximum absolute atomic E-state index is 12.9. The van der Waals surface area contributed by atoms with Crippen molar-refractivity contribution in [2.75, 3.05) is 6.61 Å². The second-order valence-electron chi connectivity index (χ2n) is 2.80. The molecule has 64 valence electrons. The van der Waals surface area contributed by atoms with Gasteiger partial charge in [0.1, 0.15) is 18.3 Å². The number of hydrogen-bond acceptors (Lipinski definition) is 4. The zero-order chi connectivity index (χ0) is 8.01. The van der Waals surface area contributed by atoms with E-state index in [2.05, 4.69) is 0 Å². The van der Waals surface area contributed by atoms with Crippen molar-refractivity contribution >= 4 is 0 Å². The largest absolute Gasteiger partial charge is 0.387 e. The molecule has 2 N–H and O–H groups in total. The van der Waals surface area contributed by atoms with Gasteiger partial charge in [0.15, 0.2) is 12.5 Å². The number of aliphatic hydroxyl groups is 2. The van der Waals surface area contributed by atoms with Crippen molar-refractivity contribution in [2.45, 2.75) is 30.8 Å². The fraction of sp³-hybridized carbons (Fsp3) is 1.00. The number of ether oxygens (including phenoxy) is 2. The molecule has 0 saturated carbocycles. The van der Waals surface area contributed by atoms with Gasteiger partial charge in [0.2, 0.25) is 0 Å². The molecule has 2 aliphatic rings. The summed E-state index contributed by atoms with van der Waals surface area (Å²) in [7, 11) is 0. The molecule has 5 heteroatoms. The van der Waals surface area contributed by atoms with Gasteiger partial charge in [-0.05, 0) is 0 Å². The molecule has 2 heterocycles. The zero-order valence-electron chi connectivity index (χ0n) is 5.68. The van der Waals surface area contributed by atoms with E-state index in [4.69, 9.17) is 19.7 Å². The highest BCUT2D eigenvalue weighted by Crippen LogP contribution is 2.29. The second-order valence-corrected chi connectivity index (χ2v) is 2.80. The van der Waals surface area contributed by atoms with Crippen molar-refractivity contribution in [1.29, 1.82) is 0 Å². The number of rotatable bonds is 0. The number of halogens is 1. The SMILES string of the molecule is O[C@@H]1[C@H](F)[C@@H](O)[C@@H]2OC[C@H]1O2. The molecule has 2 fully saturated rings. The van der Waals surface area contributed by atoms with Gasteiger partial charge in [0.05, 0.1) is 6.61 Å². The van der Waals surface area contributed by atoms with Crippen LogP contribution in [-0.4, -0.2) is 47.6 Å². The highest BCUT2D eigenvalue weighted by Gasteiger charge is 2.49. The standard InChI is InChI=1S/C6H9FO4/c7-3-4(8)2-1-10-6(11-2)5(3)9/h2-6,8-9H,1H2/t2-,3+,4+,5-,6-/m1/s1. The Hall–Kier alpha value is -0.230. The molecule has 4 nitrogen and oxygen atoms in total. The molecule has 2 aliphatic heterocycles. The van der Waals surface area contributed by atoms with Gasteiger partial charge >= 0.3 is 0 Å². The van der Waals surface area contributed by atoms with Crippen LogP contribution in [0.25, 0.3) is 0 Å². The summed E-state index contributed by atoms with van der Waals surface area (Å²) in [6.07, 6.45) is -5.77. The molecule has 0 radical (unpaired) electrons. The van der Waals surface area contributed by atoms with E-state index in [0.29, 0.717) is 0 Å². The third-order valence-corrected chi connectivity index (χ3v) is 2.05. The van der Waals surface area contributed by atoms with Gasteiger partial charge in [-0.25, -0.2) is 4.39 Å². The molecule has 2 rings (SSSR count).